The molecule has 0 spiro atoms. The summed E-state index contributed by atoms with van der Waals surface area (Å²) in [6.07, 6.45) is 0.849. The molecule has 1 aliphatic rings. The molecule has 1 aromatic carbocycles. The van der Waals surface area contributed by atoms with Gasteiger partial charge in [0, 0.05) is 23.7 Å². The largest absolute Gasteiger partial charge is 0.380 e. The van der Waals surface area contributed by atoms with Crippen LogP contribution in [0.1, 0.15) is 13.3 Å². The number of ether oxygens (including phenoxy) is 1. The summed E-state index contributed by atoms with van der Waals surface area (Å²) in [5.41, 5.74) is 0.618. The Kier molecular flexibility index (Phi) is 5.07. The van der Waals surface area contributed by atoms with E-state index in [0.29, 0.717) is 30.5 Å². The predicted octanol–water partition coefficient (Wildman–Crippen LogP) is 3.75. The molecule has 1 aromatic rings. The summed E-state index contributed by atoms with van der Waals surface area (Å²) in [5.74, 6) is 0. The van der Waals surface area contributed by atoms with Gasteiger partial charge in [-0.2, -0.15) is 0 Å². The Morgan fingerprint density at radius 3 is 3.05 bits per heavy atom. The zero-order valence-corrected chi connectivity index (χ0v) is 13.0. The Hall–Kier alpha value is -0.780. The van der Waals surface area contributed by atoms with Crippen molar-refractivity contribution in [1.29, 1.82) is 0 Å². The quantitative estimate of drug-likeness (QED) is 0.840. The van der Waals surface area contributed by atoms with E-state index in [4.69, 9.17) is 16.3 Å². The van der Waals surface area contributed by atoms with Gasteiger partial charge in [0.05, 0.1) is 17.3 Å². The van der Waals surface area contributed by atoms with E-state index in [1.165, 1.54) is 0 Å². The van der Waals surface area contributed by atoms with Gasteiger partial charge in [0.2, 0.25) is 0 Å². The van der Waals surface area contributed by atoms with Crippen LogP contribution < -0.4 is 5.32 Å². The van der Waals surface area contributed by atoms with Crippen LogP contribution >= 0.6 is 27.5 Å². The van der Waals surface area contributed by atoms with E-state index in [9.17, 15) is 4.79 Å². The Morgan fingerprint density at radius 2 is 2.32 bits per heavy atom. The summed E-state index contributed by atoms with van der Waals surface area (Å²) in [6.45, 7) is 3.90. The lowest BCUT2D eigenvalue weighted by Gasteiger charge is -2.26. The van der Waals surface area contributed by atoms with Gasteiger partial charge in [0.15, 0.2) is 0 Å². The van der Waals surface area contributed by atoms with Gasteiger partial charge < -0.3 is 15.0 Å². The number of anilines is 1. The van der Waals surface area contributed by atoms with E-state index in [1.54, 1.807) is 17.0 Å². The maximum atomic E-state index is 12.3. The number of carbonyl (C=O) groups excluding carboxylic acids is 1. The van der Waals surface area contributed by atoms with Crippen molar-refractivity contribution in [1.82, 2.24) is 4.90 Å². The van der Waals surface area contributed by atoms with Gasteiger partial charge in [-0.05, 0) is 31.5 Å². The van der Waals surface area contributed by atoms with Gasteiger partial charge in [0.1, 0.15) is 0 Å². The van der Waals surface area contributed by atoms with Gasteiger partial charge >= 0.3 is 6.03 Å². The smallest absolute Gasteiger partial charge is 0.322 e. The predicted molar refractivity (Wildman–Crippen MR) is 79.8 cm³/mol. The molecule has 6 heteroatoms. The third kappa shape index (κ3) is 3.84. The molecule has 0 aromatic heterocycles. The van der Waals surface area contributed by atoms with Crippen molar-refractivity contribution in [3.8, 4) is 0 Å². The first-order chi connectivity index (χ1) is 9.08. The highest BCUT2D eigenvalue weighted by Crippen LogP contribution is 2.26. The maximum absolute atomic E-state index is 12.3. The first-order valence-electron chi connectivity index (χ1n) is 6.18. The molecule has 0 unspecified atom stereocenters. The van der Waals surface area contributed by atoms with E-state index in [2.05, 4.69) is 21.2 Å². The number of benzene rings is 1. The Labute approximate surface area is 126 Å². The minimum atomic E-state index is -0.137. The lowest BCUT2D eigenvalue weighted by molar-refractivity contribution is 0.143. The first kappa shape index (κ1) is 14.6. The standard InChI is InChI=1S/C13H16BrClN2O2/c1-9-4-6-19-7-5-17(9)13(18)16-12-3-2-10(14)8-11(12)15/h2-3,8-9H,4-7H2,1H3,(H,16,18)/t9-/m1/s1. The number of nitrogens with one attached hydrogen (secondary N) is 1. The fraction of sp³-hybridized carbons (Fsp3) is 0.462. The number of nitrogens with zero attached hydrogens (tertiary/aromatic N) is 1. The number of hydrogen-bond donors (Lipinski definition) is 1. The molecule has 1 N–H and O–H groups in total. The molecule has 2 amide bonds. The third-order valence-electron chi connectivity index (χ3n) is 3.12. The third-order valence-corrected chi connectivity index (χ3v) is 3.93. The van der Waals surface area contributed by atoms with Crippen LogP contribution in [0.3, 0.4) is 0 Å². The SMILES string of the molecule is C[C@@H]1CCOCCN1C(=O)Nc1ccc(Br)cc1Cl. The number of hydrogen-bond acceptors (Lipinski definition) is 2. The monoisotopic (exact) mass is 346 g/mol. The van der Waals surface area contributed by atoms with Crippen LogP contribution in [-0.4, -0.2) is 36.7 Å². The summed E-state index contributed by atoms with van der Waals surface area (Å²) in [7, 11) is 0. The number of rotatable bonds is 1. The number of amides is 2. The first-order valence-corrected chi connectivity index (χ1v) is 7.35. The van der Waals surface area contributed by atoms with E-state index < -0.39 is 0 Å². The molecule has 1 fully saturated rings. The molecule has 4 nitrogen and oxygen atoms in total. The molecular formula is C13H16BrClN2O2. The van der Waals surface area contributed by atoms with Crippen molar-refractivity contribution in [3.63, 3.8) is 0 Å². The topological polar surface area (TPSA) is 41.6 Å². The molecule has 1 saturated heterocycles. The molecule has 0 aliphatic carbocycles. The molecule has 19 heavy (non-hydrogen) atoms. The van der Waals surface area contributed by atoms with Crippen molar-refractivity contribution < 1.29 is 9.53 Å². The van der Waals surface area contributed by atoms with Crippen LogP contribution in [-0.2, 0) is 4.74 Å². The van der Waals surface area contributed by atoms with E-state index in [0.717, 1.165) is 10.9 Å². The van der Waals surface area contributed by atoms with Crippen LogP contribution in [0.15, 0.2) is 22.7 Å². The van der Waals surface area contributed by atoms with Gasteiger partial charge in [-0.1, -0.05) is 27.5 Å². The molecule has 1 heterocycles. The average molecular weight is 348 g/mol. The number of carbonyl (C=O) groups is 1. The Bertz CT molecular complexity index is 470. The normalized spacial score (nSPS) is 19.9. The zero-order valence-electron chi connectivity index (χ0n) is 10.7. The lowest BCUT2D eigenvalue weighted by Crippen LogP contribution is -2.42. The number of urea groups is 1. The van der Waals surface area contributed by atoms with Gasteiger partial charge in [-0.3, -0.25) is 0 Å². The maximum Gasteiger partial charge on any atom is 0.322 e. The van der Waals surface area contributed by atoms with Gasteiger partial charge in [0.25, 0.3) is 0 Å². The molecule has 1 atom stereocenters. The molecule has 1 aliphatic heterocycles. The summed E-state index contributed by atoms with van der Waals surface area (Å²) >= 11 is 9.43. The van der Waals surface area contributed by atoms with Crippen LogP contribution in [0.2, 0.25) is 5.02 Å². The lowest BCUT2D eigenvalue weighted by atomic mass is 10.2. The van der Waals surface area contributed by atoms with E-state index in [1.807, 2.05) is 13.0 Å². The van der Waals surface area contributed by atoms with Crippen molar-refractivity contribution in [2.75, 3.05) is 25.1 Å². The average Bonchev–Trinajstić information content (AvgIpc) is 2.57. The molecular weight excluding hydrogens is 332 g/mol. The van der Waals surface area contributed by atoms with Crippen molar-refractivity contribution >= 4 is 39.2 Å². The van der Waals surface area contributed by atoms with Crippen LogP contribution in [0, 0.1) is 0 Å². The second-order valence-electron chi connectivity index (χ2n) is 4.50. The molecule has 104 valence electrons. The van der Waals surface area contributed by atoms with E-state index >= 15 is 0 Å². The van der Waals surface area contributed by atoms with Crippen molar-refractivity contribution in [2.24, 2.45) is 0 Å². The Balaban J connectivity index is 2.07. The minimum Gasteiger partial charge on any atom is -0.380 e. The van der Waals surface area contributed by atoms with E-state index in [-0.39, 0.29) is 12.1 Å². The number of halogens is 2. The summed E-state index contributed by atoms with van der Waals surface area (Å²) in [4.78, 5) is 14.0. The molecule has 0 radical (unpaired) electrons. The van der Waals surface area contributed by atoms with Gasteiger partial charge in [-0.15, -0.1) is 0 Å². The fourth-order valence-electron chi connectivity index (χ4n) is 1.97. The highest BCUT2D eigenvalue weighted by atomic mass is 79.9. The summed E-state index contributed by atoms with van der Waals surface area (Å²) < 4.78 is 6.26. The second-order valence-corrected chi connectivity index (χ2v) is 5.82. The molecule has 0 saturated carbocycles. The van der Waals surface area contributed by atoms with Gasteiger partial charge in [-0.25, -0.2) is 4.79 Å². The Morgan fingerprint density at radius 1 is 1.53 bits per heavy atom. The van der Waals surface area contributed by atoms with Crippen molar-refractivity contribution in [3.05, 3.63) is 27.7 Å². The minimum absolute atomic E-state index is 0.137. The molecule has 2 rings (SSSR count). The van der Waals surface area contributed by atoms with Crippen LogP contribution in [0.25, 0.3) is 0 Å². The highest BCUT2D eigenvalue weighted by Gasteiger charge is 2.22. The summed E-state index contributed by atoms with van der Waals surface area (Å²) in [6, 6.07) is 5.41. The van der Waals surface area contributed by atoms with Crippen LogP contribution in [0.5, 0.6) is 0 Å². The summed E-state index contributed by atoms with van der Waals surface area (Å²) in [5, 5.41) is 3.36. The zero-order chi connectivity index (χ0) is 13.8. The fourth-order valence-corrected chi connectivity index (χ4v) is 2.70. The van der Waals surface area contributed by atoms with Crippen LogP contribution in [0.4, 0.5) is 10.5 Å². The second kappa shape index (κ2) is 6.59. The van der Waals surface area contributed by atoms with Crippen molar-refractivity contribution in [2.45, 2.75) is 19.4 Å². The highest BCUT2D eigenvalue weighted by molar-refractivity contribution is 9.10. The molecule has 0 bridgehead atoms.